The summed E-state index contributed by atoms with van der Waals surface area (Å²) in [4.78, 5) is 17.0. The van der Waals surface area contributed by atoms with E-state index < -0.39 is 5.97 Å². The van der Waals surface area contributed by atoms with E-state index in [-0.39, 0.29) is 12.2 Å². The Morgan fingerprint density at radius 2 is 1.90 bits per heavy atom. The van der Waals surface area contributed by atoms with Gasteiger partial charge in [-0.15, -0.1) is 0 Å². The molecule has 0 spiro atoms. The number of aliphatic carboxylic acids is 1. The van der Waals surface area contributed by atoms with E-state index >= 15 is 0 Å². The van der Waals surface area contributed by atoms with Crippen molar-refractivity contribution in [2.24, 2.45) is 0 Å². The lowest BCUT2D eigenvalue weighted by Crippen LogP contribution is -2.26. The van der Waals surface area contributed by atoms with Crippen molar-refractivity contribution in [3.05, 3.63) is 65.7 Å². The molecular formula is C16H17FN2O2. The number of carbonyl (C=O) groups is 1. The van der Waals surface area contributed by atoms with Crippen LogP contribution in [0, 0.1) is 5.82 Å². The zero-order chi connectivity index (χ0) is 15.1. The van der Waals surface area contributed by atoms with Gasteiger partial charge < -0.3 is 5.11 Å². The molecule has 2 rings (SSSR count). The SMILES string of the molecule is O=C(O)CCN(Cc1ccc(F)cc1)Cc1ccccn1. The smallest absolute Gasteiger partial charge is 0.304 e. The summed E-state index contributed by atoms with van der Waals surface area (Å²) in [5, 5.41) is 8.84. The molecule has 1 heterocycles. The molecule has 0 aliphatic carbocycles. The zero-order valence-corrected chi connectivity index (χ0v) is 11.6. The summed E-state index contributed by atoms with van der Waals surface area (Å²) in [6.07, 6.45) is 1.77. The van der Waals surface area contributed by atoms with Gasteiger partial charge in [0.1, 0.15) is 5.82 Å². The van der Waals surface area contributed by atoms with Crippen molar-refractivity contribution in [3.8, 4) is 0 Å². The Labute approximate surface area is 122 Å². The number of halogens is 1. The fourth-order valence-electron chi connectivity index (χ4n) is 2.04. The van der Waals surface area contributed by atoms with Gasteiger partial charge in [-0.05, 0) is 29.8 Å². The van der Waals surface area contributed by atoms with Crippen LogP contribution in [0.1, 0.15) is 17.7 Å². The van der Waals surface area contributed by atoms with Crippen LogP contribution < -0.4 is 0 Å². The second-order valence-corrected chi connectivity index (χ2v) is 4.80. The Kier molecular flexibility index (Phi) is 5.40. The molecule has 0 fully saturated rings. The molecule has 0 amide bonds. The maximum atomic E-state index is 12.9. The molecular weight excluding hydrogens is 271 g/mol. The number of rotatable bonds is 7. The van der Waals surface area contributed by atoms with Crippen LogP contribution in [0.5, 0.6) is 0 Å². The first-order valence-electron chi connectivity index (χ1n) is 6.72. The lowest BCUT2D eigenvalue weighted by atomic mass is 10.2. The monoisotopic (exact) mass is 288 g/mol. The summed E-state index contributed by atoms with van der Waals surface area (Å²) in [5.41, 5.74) is 1.82. The van der Waals surface area contributed by atoms with Crippen molar-refractivity contribution < 1.29 is 14.3 Å². The van der Waals surface area contributed by atoms with E-state index in [9.17, 15) is 9.18 Å². The number of hydrogen-bond acceptors (Lipinski definition) is 3. The molecule has 0 unspecified atom stereocenters. The highest BCUT2D eigenvalue weighted by Crippen LogP contribution is 2.10. The molecule has 4 nitrogen and oxygen atoms in total. The van der Waals surface area contributed by atoms with E-state index in [0.717, 1.165) is 11.3 Å². The summed E-state index contributed by atoms with van der Waals surface area (Å²) in [6, 6.07) is 11.9. The van der Waals surface area contributed by atoms with Gasteiger partial charge >= 0.3 is 5.97 Å². The van der Waals surface area contributed by atoms with Gasteiger partial charge in [0, 0.05) is 25.8 Å². The zero-order valence-electron chi connectivity index (χ0n) is 11.6. The third kappa shape index (κ3) is 5.31. The number of carboxylic acids is 1. The lowest BCUT2D eigenvalue weighted by molar-refractivity contribution is -0.137. The van der Waals surface area contributed by atoms with Crippen LogP contribution in [0.25, 0.3) is 0 Å². The summed E-state index contributed by atoms with van der Waals surface area (Å²) < 4.78 is 12.9. The first kappa shape index (κ1) is 15.1. The topological polar surface area (TPSA) is 53.4 Å². The van der Waals surface area contributed by atoms with Crippen LogP contribution in [0.15, 0.2) is 48.7 Å². The number of carboxylic acid groups (broad SMARTS) is 1. The Morgan fingerprint density at radius 1 is 1.14 bits per heavy atom. The minimum absolute atomic E-state index is 0.0635. The van der Waals surface area contributed by atoms with Crippen molar-refractivity contribution in [1.29, 1.82) is 0 Å². The van der Waals surface area contributed by atoms with Crippen LogP contribution >= 0.6 is 0 Å². The number of pyridine rings is 1. The minimum atomic E-state index is -0.833. The fraction of sp³-hybridized carbons (Fsp3) is 0.250. The van der Waals surface area contributed by atoms with E-state index in [2.05, 4.69) is 4.98 Å². The van der Waals surface area contributed by atoms with Crippen LogP contribution in [0.4, 0.5) is 4.39 Å². The summed E-state index contributed by atoms with van der Waals surface area (Å²) in [6.45, 7) is 1.54. The Hall–Kier alpha value is -2.27. The Morgan fingerprint density at radius 3 is 2.52 bits per heavy atom. The first-order chi connectivity index (χ1) is 10.1. The van der Waals surface area contributed by atoms with Crippen LogP contribution in [0.3, 0.4) is 0 Å². The predicted molar refractivity (Wildman–Crippen MR) is 77.0 cm³/mol. The molecule has 21 heavy (non-hydrogen) atoms. The second kappa shape index (κ2) is 7.50. The standard InChI is InChI=1S/C16H17FN2O2/c17-14-6-4-13(5-7-14)11-19(10-8-16(20)21)12-15-3-1-2-9-18-15/h1-7,9H,8,10-12H2,(H,20,21). The van der Waals surface area contributed by atoms with E-state index in [1.807, 2.05) is 23.1 Å². The molecule has 0 radical (unpaired) electrons. The molecule has 0 aliphatic heterocycles. The molecule has 5 heteroatoms. The molecule has 2 aromatic rings. The van der Waals surface area contributed by atoms with Crippen molar-refractivity contribution in [1.82, 2.24) is 9.88 Å². The summed E-state index contributed by atoms with van der Waals surface area (Å²) >= 11 is 0. The van der Waals surface area contributed by atoms with Crippen LogP contribution in [0.2, 0.25) is 0 Å². The van der Waals surface area contributed by atoms with Gasteiger partial charge in [-0.2, -0.15) is 0 Å². The Balaban J connectivity index is 2.04. The molecule has 0 bridgehead atoms. The third-order valence-electron chi connectivity index (χ3n) is 3.07. The average Bonchev–Trinajstić information content (AvgIpc) is 2.48. The highest BCUT2D eigenvalue weighted by Gasteiger charge is 2.10. The van der Waals surface area contributed by atoms with Gasteiger partial charge in [-0.1, -0.05) is 18.2 Å². The quantitative estimate of drug-likeness (QED) is 0.851. The predicted octanol–water partition coefficient (Wildman–Crippen LogP) is 2.70. The van der Waals surface area contributed by atoms with Crippen molar-refractivity contribution >= 4 is 5.97 Å². The highest BCUT2D eigenvalue weighted by molar-refractivity contribution is 5.66. The Bertz CT molecular complexity index is 573. The summed E-state index contributed by atoms with van der Waals surface area (Å²) in [5.74, 6) is -1.11. The highest BCUT2D eigenvalue weighted by atomic mass is 19.1. The molecule has 1 aromatic heterocycles. The second-order valence-electron chi connectivity index (χ2n) is 4.80. The molecule has 1 N–H and O–H groups in total. The number of benzene rings is 1. The lowest BCUT2D eigenvalue weighted by Gasteiger charge is -2.21. The molecule has 0 atom stereocenters. The maximum absolute atomic E-state index is 12.9. The largest absolute Gasteiger partial charge is 0.481 e. The van der Waals surface area contributed by atoms with E-state index in [1.54, 1.807) is 18.3 Å². The third-order valence-corrected chi connectivity index (χ3v) is 3.07. The fourth-order valence-corrected chi connectivity index (χ4v) is 2.04. The van der Waals surface area contributed by atoms with E-state index in [1.165, 1.54) is 12.1 Å². The number of aromatic nitrogens is 1. The van der Waals surface area contributed by atoms with Gasteiger partial charge in [-0.3, -0.25) is 14.7 Å². The first-order valence-corrected chi connectivity index (χ1v) is 6.72. The van der Waals surface area contributed by atoms with Crippen LogP contribution in [-0.2, 0) is 17.9 Å². The molecule has 110 valence electrons. The normalized spacial score (nSPS) is 10.8. The number of nitrogens with zero attached hydrogens (tertiary/aromatic N) is 2. The van der Waals surface area contributed by atoms with Gasteiger partial charge in [0.05, 0.1) is 12.1 Å². The molecule has 0 saturated carbocycles. The van der Waals surface area contributed by atoms with Gasteiger partial charge in [0.15, 0.2) is 0 Å². The van der Waals surface area contributed by atoms with Gasteiger partial charge in [0.25, 0.3) is 0 Å². The van der Waals surface area contributed by atoms with Gasteiger partial charge in [0.2, 0.25) is 0 Å². The number of hydrogen-bond donors (Lipinski definition) is 1. The molecule has 1 aromatic carbocycles. The van der Waals surface area contributed by atoms with E-state index in [0.29, 0.717) is 19.6 Å². The molecule has 0 saturated heterocycles. The van der Waals surface area contributed by atoms with E-state index in [4.69, 9.17) is 5.11 Å². The van der Waals surface area contributed by atoms with Crippen LogP contribution in [-0.4, -0.2) is 27.5 Å². The van der Waals surface area contributed by atoms with Crippen molar-refractivity contribution in [2.75, 3.05) is 6.54 Å². The molecule has 0 aliphatic rings. The van der Waals surface area contributed by atoms with Crippen molar-refractivity contribution in [3.63, 3.8) is 0 Å². The minimum Gasteiger partial charge on any atom is -0.481 e. The summed E-state index contributed by atoms with van der Waals surface area (Å²) in [7, 11) is 0. The maximum Gasteiger partial charge on any atom is 0.304 e. The van der Waals surface area contributed by atoms with Gasteiger partial charge in [-0.25, -0.2) is 4.39 Å². The average molecular weight is 288 g/mol. The van der Waals surface area contributed by atoms with Crippen molar-refractivity contribution in [2.45, 2.75) is 19.5 Å².